The van der Waals surface area contributed by atoms with Crippen LogP contribution >= 0.6 is 11.8 Å². The second-order valence-corrected chi connectivity index (χ2v) is 4.27. The van der Waals surface area contributed by atoms with Crippen LogP contribution in [0.3, 0.4) is 0 Å². The van der Waals surface area contributed by atoms with E-state index in [1.165, 1.54) is 0 Å². The number of nitrogens with zero attached hydrogens (tertiary/aromatic N) is 2. The van der Waals surface area contributed by atoms with Gasteiger partial charge in [0.25, 0.3) is 0 Å². The van der Waals surface area contributed by atoms with Crippen molar-refractivity contribution in [3.63, 3.8) is 0 Å². The molecule has 1 rings (SSSR count). The van der Waals surface area contributed by atoms with E-state index in [0.717, 1.165) is 5.16 Å². The fraction of sp³-hybridized carbons (Fsp3) is 0.600. The van der Waals surface area contributed by atoms with Gasteiger partial charge in [-0.2, -0.15) is 0 Å². The molecule has 0 radical (unpaired) electrons. The van der Waals surface area contributed by atoms with Gasteiger partial charge in [0.15, 0.2) is 5.16 Å². The van der Waals surface area contributed by atoms with Crippen molar-refractivity contribution in [1.29, 1.82) is 0 Å². The van der Waals surface area contributed by atoms with Gasteiger partial charge in [-0.15, -0.1) is 0 Å². The third-order valence-corrected chi connectivity index (χ3v) is 3.25. The molecule has 0 aliphatic carbocycles. The number of thioether (sulfide) groups is 1. The highest BCUT2D eigenvalue weighted by molar-refractivity contribution is 7.99. The molecule has 0 aromatic carbocycles. The average molecular weight is 228 g/mol. The Morgan fingerprint density at radius 3 is 3.00 bits per heavy atom. The monoisotopic (exact) mass is 228 g/mol. The number of imidazole rings is 1. The van der Waals surface area contributed by atoms with Crippen LogP contribution in [0.2, 0.25) is 0 Å². The third kappa shape index (κ3) is 3.58. The first-order valence-corrected chi connectivity index (χ1v) is 5.90. The summed E-state index contributed by atoms with van der Waals surface area (Å²) in [4.78, 5) is 15.5. The van der Waals surface area contributed by atoms with Gasteiger partial charge in [0.05, 0.1) is 12.5 Å². The van der Waals surface area contributed by atoms with E-state index in [-0.39, 0.29) is 11.9 Å². The number of carbonyl (C=O) groups excluding carboxylic acids is 1. The summed E-state index contributed by atoms with van der Waals surface area (Å²) in [5.74, 6) is 0.467. The first kappa shape index (κ1) is 12.1. The Balaban J connectivity index is 2.37. The molecule has 0 spiro atoms. The van der Waals surface area contributed by atoms with Gasteiger partial charge in [-0.25, -0.2) is 4.98 Å². The van der Waals surface area contributed by atoms with Crippen molar-refractivity contribution in [2.45, 2.75) is 19.0 Å². The largest absolute Gasteiger partial charge is 0.466 e. The lowest BCUT2D eigenvalue weighted by Crippen LogP contribution is -2.16. The van der Waals surface area contributed by atoms with Crippen LogP contribution in [0.15, 0.2) is 17.6 Å². The van der Waals surface area contributed by atoms with Gasteiger partial charge in [0, 0.05) is 25.2 Å². The zero-order valence-corrected chi connectivity index (χ0v) is 10.1. The summed E-state index contributed by atoms with van der Waals surface area (Å²) in [6.45, 7) is 4.13. The Hall–Kier alpha value is -0.970. The van der Waals surface area contributed by atoms with Gasteiger partial charge >= 0.3 is 5.97 Å². The summed E-state index contributed by atoms with van der Waals surface area (Å²) >= 11 is 1.57. The highest BCUT2D eigenvalue weighted by Gasteiger charge is 2.15. The summed E-state index contributed by atoms with van der Waals surface area (Å²) in [5, 5.41) is 0.922. The lowest BCUT2D eigenvalue weighted by molar-refractivity contribution is -0.146. The molecule has 1 aromatic rings. The molecule has 15 heavy (non-hydrogen) atoms. The Labute approximate surface area is 94.0 Å². The second-order valence-electron chi connectivity index (χ2n) is 3.28. The first-order chi connectivity index (χ1) is 7.15. The predicted molar refractivity (Wildman–Crippen MR) is 59.7 cm³/mol. The van der Waals surface area contributed by atoms with Crippen molar-refractivity contribution >= 4 is 17.7 Å². The van der Waals surface area contributed by atoms with Crippen LogP contribution in [0.1, 0.15) is 13.8 Å². The standard InChI is InChI=1S/C10H16N2O2S/c1-4-14-9(13)8(2)7-15-10-11-5-6-12(10)3/h5-6,8H,4,7H2,1-3H3. The average Bonchev–Trinajstić information content (AvgIpc) is 2.61. The van der Waals surface area contributed by atoms with Crippen LogP contribution in [-0.4, -0.2) is 27.9 Å². The lowest BCUT2D eigenvalue weighted by atomic mass is 10.2. The molecule has 4 nitrogen and oxygen atoms in total. The molecule has 0 aliphatic rings. The van der Waals surface area contributed by atoms with Gasteiger partial charge < -0.3 is 9.30 Å². The minimum atomic E-state index is -0.140. The minimum absolute atomic E-state index is 0.0911. The number of aryl methyl sites for hydroxylation is 1. The van der Waals surface area contributed by atoms with Crippen LogP contribution < -0.4 is 0 Å². The highest BCUT2D eigenvalue weighted by atomic mass is 32.2. The van der Waals surface area contributed by atoms with E-state index < -0.39 is 0 Å². The minimum Gasteiger partial charge on any atom is -0.466 e. The van der Waals surface area contributed by atoms with Crippen LogP contribution in [0.25, 0.3) is 0 Å². The fourth-order valence-corrected chi connectivity index (χ4v) is 1.98. The van der Waals surface area contributed by atoms with Gasteiger partial charge in [-0.1, -0.05) is 18.7 Å². The predicted octanol–water partition coefficient (Wildman–Crippen LogP) is 1.71. The summed E-state index contributed by atoms with van der Waals surface area (Å²) in [5.41, 5.74) is 0. The summed E-state index contributed by atoms with van der Waals surface area (Å²) < 4.78 is 6.86. The van der Waals surface area contributed by atoms with Crippen molar-refractivity contribution in [2.75, 3.05) is 12.4 Å². The molecule has 1 atom stereocenters. The molecular formula is C10H16N2O2S. The normalized spacial score (nSPS) is 12.5. The molecule has 84 valence electrons. The van der Waals surface area contributed by atoms with E-state index in [9.17, 15) is 4.79 Å². The molecule has 0 bridgehead atoms. The number of hydrogen-bond donors (Lipinski definition) is 0. The van der Waals surface area contributed by atoms with E-state index in [4.69, 9.17) is 4.74 Å². The summed E-state index contributed by atoms with van der Waals surface area (Å²) in [7, 11) is 1.93. The topological polar surface area (TPSA) is 44.1 Å². The number of ether oxygens (including phenoxy) is 1. The summed E-state index contributed by atoms with van der Waals surface area (Å²) in [6.07, 6.45) is 3.63. The molecular weight excluding hydrogens is 212 g/mol. The highest BCUT2D eigenvalue weighted by Crippen LogP contribution is 2.18. The summed E-state index contributed by atoms with van der Waals surface area (Å²) in [6, 6.07) is 0. The number of esters is 1. The SMILES string of the molecule is CCOC(=O)C(C)CSc1nccn1C. The smallest absolute Gasteiger partial charge is 0.309 e. The quantitative estimate of drug-likeness (QED) is 0.568. The van der Waals surface area contributed by atoms with E-state index in [2.05, 4.69) is 4.98 Å². The second kappa shape index (κ2) is 5.80. The molecule has 0 saturated carbocycles. The number of carbonyl (C=O) groups is 1. The third-order valence-electron chi connectivity index (χ3n) is 1.93. The molecule has 5 heteroatoms. The molecule has 0 fully saturated rings. The Kier molecular flexibility index (Phi) is 4.68. The van der Waals surface area contributed by atoms with Gasteiger partial charge in [-0.05, 0) is 6.92 Å². The molecule has 0 N–H and O–H groups in total. The maximum absolute atomic E-state index is 11.3. The molecule has 0 saturated heterocycles. The van der Waals surface area contributed by atoms with Crippen LogP contribution in [0.4, 0.5) is 0 Å². The van der Waals surface area contributed by atoms with Crippen molar-refractivity contribution in [1.82, 2.24) is 9.55 Å². The van der Waals surface area contributed by atoms with Crippen molar-refractivity contribution < 1.29 is 9.53 Å². The maximum atomic E-state index is 11.3. The first-order valence-electron chi connectivity index (χ1n) is 4.92. The zero-order valence-electron chi connectivity index (χ0n) is 9.27. The molecule has 1 unspecified atom stereocenters. The molecule has 0 aliphatic heterocycles. The van der Waals surface area contributed by atoms with Crippen molar-refractivity contribution in [2.24, 2.45) is 13.0 Å². The van der Waals surface area contributed by atoms with Gasteiger partial charge in [0.1, 0.15) is 0 Å². The van der Waals surface area contributed by atoms with Crippen LogP contribution in [0.5, 0.6) is 0 Å². The maximum Gasteiger partial charge on any atom is 0.309 e. The van der Waals surface area contributed by atoms with Crippen molar-refractivity contribution in [3.8, 4) is 0 Å². The van der Waals surface area contributed by atoms with Gasteiger partial charge in [-0.3, -0.25) is 4.79 Å². The van der Waals surface area contributed by atoms with E-state index in [0.29, 0.717) is 12.4 Å². The zero-order chi connectivity index (χ0) is 11.3. The van der Waals surface area contributed by atoms with E-state index in [1.54, 1.807) is 18.0 Å². The Bertz CT molecular complexity index is 325. The Morgan fingerprint density at radius 1 is 1.73 bits per heavy atom. The molecule has 0 amide bonds. The molecule has 1 heterocycles. The Morgan fingerprint density at radius 2 is 2.47 bits per heavy atom. The number of rotatable bonds is 5. The van der Waals surface area contributed by atoms with Crippen LogP contribution in [-0.2, 0) is 16.6 Å². The molecule has 1 aromatic heterocycles. The van der Waals surface area contributed by atoms with E-state index in [1.807, 2.05) is 31.7 Å². The van der Waals surface area contributed by atoms with Gasteiger partial charge in [0.2, 0.25) is 0 Å². The van der Waals surface area contributed by atoms with Crippen molar-refractivity contribution in [3.05, 3.63) is 12.4 Å². The number of aromatic nitrogens is 2. The van der Waals surface area contributed by atoms with Crippen LogP contribution in [0, 0.1) is 5.92 Å². The van der Waals surface area contributed by atoms with E-state index >= 15 is 0 Å². The fourth-order valence-electron chi connectivity index (χ4n) is 1.04. The lowest BCUT2D eigenvalue weighted by Gasteiger charge is -2.09. The number of hydrogen-bond acceptors (Lipinski definition) is 4.